The summed E-state index contributed by atoms with van der Waals surface area (Å²) >= 11 is 1.78. The van der Waals surface area contributed by atoms with Crippen LogP contribution in [0.5, 0.6) is 5.75 Å². The van der Waals surface area contributed by atoms with E-state index < -0.39 is 0 Å². The van der Waals surface area contributed by atoms with Crippen LogP contribution in [0.1, 0.15) is 17.7 Å². The summed E-state index contributed by atoms with van der Waals surface area (Å²) in [5.41, 5.74) is 0.933. The minimum atomic E-state index is 0.101. The van der Waals surface area contributed by atoms with Crippen molar-refractivity contribution in [1.29, 1.82) is 0 Å². The van der Waals surface area contributed by atoms with Gasteiger partial charge in [-0.25, -0.2) is 0 Å². The molecule has 110 valence electrons. The number of hydrogen-bond acceptors (Lipinski definition) is 4. The molecule has 1 heterocycles. The molecule has 1 N–H and O–H groups in total. The number of rotatable bonds is 7. The van der Waals surface area contributed by atoms with E-state index in [0.717, 1.165) is 28.6 Å². The second-order valence-electron chi connectivity index (χ2n) is 4.28. The highest BCUT2D eigenvalue weighted by Crippen LogP contribution is 2.14. The summed E-state index contributed by atoms with van der Waals surface area (Å²) < 4.78 is 10.9. The minimum Gasteiger partial charge on any atom is -0.493 e. The second-order valence-corrected chi connectivity index (χ2v) is 5.39. The molecule has 0 aliphatic heterocycles. The Morgan fingerprint density at radius 3 is 2.76 bits per heavy atom. The number of hydrogen-bond donors (Lipinski definition) is 1. The SMILES string of the molecule is OCCC#Cc1ccc(OCCSCc2ccco2)cc1. The minimum absolute atomic E-state index is 0.101. The first-order chi connectivity index (χ1) is 10.4. The van der Waals surface area contributed by atoms with E-state index in [2.05, 4.69) is 11.8 Å². The maximum atomic E-state index is 8.66. The Hall–Kier alpha value is -1.83. The summed E-state index contributed by atoms with van der Waals surface area (Å²) in [6, 6.07) is 11.6. The fourth-order valence-corrected chi connectivity index (χ4v) is 2.35. The molecular formula is C17H18O3S. The third-order valence-electron chi connectivity index (χ3n) is 2.64. The number of thioether (sulfide) groups is 1. The number of aliphatic hydroxyl groups excluding tert-OH is 1. The van der Waals surface area contributed by atoms with Crippen molar-refractivity contribution in [3.8, 4) is 17.6 Å². The molecule has 0 bridgehead atoms. The quantitative estimate of drug-likeness (QED) is 0.629. The Bertz CT molecular complexity index is 564. The van der Waals surface area contributed by atoms with E-state index in [1.807, 2.05) is 36.4 Å². The van der Waals surface area contributed by atoms with Crippen molar-refractivity contribution in [2.45, 2.75) is 12.2 Å². The van der Waals surface area contributed by atoms with Gasteiger partial charge in [-0.1, -0.05) is 11.8 Å². The van der Waals surface area contributed by atoms with Crippen molar-refractivity contribution in [3.05, 3.63) is 54.0 Å². The van der Waals surface area contributed by atoms with Crippen LogP contribution in [0.25, 0.3) is 0 Å². The van der Waals surface area contributed by atoms with Crippen LogP contribution >= 0.6 is 11.8 Å². The molecule has 1 aromatic carbocycles. The Balaban J connectivity index is 1.65. The molecule has 1 aromatic heterocycles. The van der Waals surface area contributed by atoms with Crippen LogP contribution in [-0.2, 0) is 5.75 Å². The van der Waals surface area contributed by atoms with Crippen molar-refractivity contribution in [1.82, 2.24) is 0 Å². The highest BCUT2D eigenvalue weighted by Gasteiger charge is 1.97. The van der Waals surface area contributed by atoms with Crippen molar-refractivity contribution < 1.29 is 14.3 Å². The Labute approximate surface area is 129 Å². The molecular weight excluding hydrogens is 284 g/mol. The first-order valence-corrected chi connectivity index (χ1v) is 7.96. The van der Waals surface area contributed by atoms with Crippen LogP contribution in [0, 0.1) is 11.8 Å². The van der Waals surface area contributed by atoms with Crippen molar-refractivity contribution in [2.75, 3.05) is 19.0 Å². The predicted molar refractivity (Wildman–Crippen MR) is 85.4 cm³/mol. The summed E-state index contributed by atoms with van der Waals surface area (Å²) in [7, 11) is 0. The van der Waals surface area contributed by atoms with E-state index >= 15 is 0 Å². The third kappa shape index (κ3) is 5.99. The summed E-state index contributed by atoms with van der Waals surface area (Å²) in [6.45, 7) is 0.769. The predicted octanol–water partition coefficient (Wildman–Crippen LogP) is 3.33. The lowest BCUT2D eigenvalue weighted by atomic mass is 10.2. The normalized spacial score (nSPS) is 9.95. The zero-order chi connectivity index (χ0) is 14.8. The summed E-state index contributed by atoms with van der Waals surface area (Å²) in [5.74, 6) is 9.50. The maximum Gasteiger partial charge on any atom is 0.119 e. The van der Waals surface area contributed by atoms with Gasteiger partial charge >= 0.3 is 0 Å². The Morgan fingerprint density at radius 2 is 2.05 bits per heavy atom. The molecule has 0 unspecified atom stereocenters. The highest BCUT2D eigenvalue weighted by molar-refractivity contribution is 7.98. The standard InChI is InChI=1S/C17H18O3S/c18-10-2-1-4-15-6-8-16(9-7-15)20-12-13-21-14-17-5-3-11-19-17/h3,5-9,11,18H,2,10,12-14H2. The Kier molecular flexibility index (Phi) is 6.79. The summed E-state index contributed by atoms with van der Waals surface area (Å²) in [6.07, 6.45) is 2.20. The largest absolute Gasteiger partial charge is 0.493 e. The van der Waals surface area contributed by atoms with Gasteiger partial charge in [0.25, 0.3) is 0 Å². The summed E-state index contributed by atoms with van der Waals surface area (Å²) in [4.78, 5) is 0. The third-order valence-corrected chi connectivity index (χ3v) is 3.59. The van der Waals surface area contributed by atoms with Gasteiger partial charge in [0, 0.05) is 17.7 Å². The van der Waals surface area contributed by atoms with Gasteiger partial charge in [0.2, 0.25) is 0 Å². The van der Waals surface area contributed by atoms with Crippen LogP contribution in [0.4, 0.5) is 0 Å². The molecule has 0 spiro atoms. The van der Waals surface area contributed by atoms with Crippen LogP contribution < -0.4 is 4.74 Å². The van der Waals surface area contributed by atoms with E-state index in [-0.39, 0.29) is 6.61 Å². The molecule has 0 radical (unpaired) electrons. The first-order valence-electron chi connectivity index (χ1n) is 6.81. The van der Waals surface area contributed by atoms with E-state index in [0.29, 0.717) is 13.0 Å². The van der Waals surface area contributed by atoms with Crippen molar-refractivity contribution in [2.24, 2.45) is 0 Å². The van der Waals surface area contributed by atoms with Crippen molar-refractivity contribution in [3.63, 3.8) is 0 Å². The van der Waals surface area contributed by atoms with E-state index in [1.165, 1.54) is 0 Å². The van der Waals surface area contributed by atoms with Crippen LogP contribution in [0.2, 0.25) is 0 Å². The Morgan fingerprint density at radius 1 is 1.19 bits per heavy atom. The molecule has 3 nitrogen and oxygen atoms in total. The molecule has 4 heteroatoms. The van der Waals surface area contributed by atoms with Crippen LogP contribution in [-0.4, -0.2) is 24.1 Å². The molecule has 21 heavy (non-hydrogen) atoms. The average molecular weight is 302 g/mol. The van der Waals surface area contributed by atoms with Gasteiger partial charge in [0.1, 0.15) is 11.5 Å². The van der Waals surface area contributed by atoms with E-state index in [9.17, 15) is 0 Å². The van der Waals surface area contributed by atoms with Gasteiger partial charge in [0.15, 0.2) is 0 Å². The highest BCUT2D eigenvalue weighted by atomic mass is 32.2. The van der Waals surface area contributed by atoms with Crippen molar-refractivity contribution >= 4 is 11.8 Å². The van der Waals surface area contributed by atoms with Gasteiger partial charge in [-0.05, 0) is 36.4 Å². The number of aliphatic hydroxyl groups is 1. The molecule has 0 atom stereocenters. The van der Waals surface area contributed by atoms with E-state index in [4.69, 9.17) is 14.3 Å². The van der Waals surface area contributed by atoms with E-state index in [1.54, 1.807) is 18.0 Å². The topological polar surface area (TPSA) is 42.6 Å². The number of benzene rings is 1. The summed E-state index contributed by atoms with van der Waals surface area (Å²) in [5, 5.41) is 8.66. The first kappa shape index (κ1) is 15.6. The fourth-order valence-electron chi connectivity index (χ4n) is 1.64. The molecule has 0 amide bonds. The average Bonchev–Trinajstić information content (AvgIpc) is 3.02. The molecule has 2 aromatic rings. The van der Waals surface area contributed by atoms with Gasteiger partial charge in [-0.15, -0.1) is 0 Å². The van der Waals surface area contributed by atoms with Crippen LogP contribution in [0.15, 0.2) is 47.1 Å². The molecule has 0 saturated carbocycles. The fraction of sp³-hybridized carbons (Fsp3) is 0.294. The zero-order valence-corrected chi connectivity index (χ0v) is 12.6. The number of furan rings is 1. The zero-order valence-electron chi connectivity index (χ0n) is 11.7. The molecule has 2 rings (SSSR count). The van der Waals surface area contributed by atoms with Gasteiger partial charge in [0.05, 0.1) is 25.2 Å². The van der Waals surface area contributed by atoms with Gasteiger partial charge < -0.3 is 14.3 Å². The maximum absolute atomic E-state index is 8.66. The molecule has 0 fully saturated rings. The lowest BCUT2D eigenvalue weighted by molar-refractivity contribution is 0.305. The smallest absolute Gasteiger partial charge is 0.119 e. The monoisotopic (exact) mass is 302 g/mol. The molecule has 0 saturated heterocycles. The van der Waals surface area contributed by atoms with Gasteiger partial charge in [-0.3, -0.25) is 0 Å². The molecule has 0 aliphatic carbocycles. The number of ether oxygens (including phenoxy) is 1. The van der Waals surface area contributed by atoms with Crippen LogP contribution in [0.3, 0.4) is 0 Å². The lowest BCUT2D eigenvalue weighted by Gasteiger charge is -2.05. The molecule has 0 aliphatic rings. The second kappa shape index (κ2) is 9.17. The van der Waals surface area contributed by atoms with Gasteiger partial charge in [-0.2, -0.15) is 11.8 Å². The lowest BCUT2D eigenvalue weighted by Crippen LogP contribution is -2.00.